The summed E-state index contributed by atoms with van der Waals surface area (Å²) in [6.45, 7) is 5.53. The molecule has 0 aromatic heterocycles. The number of hydrogen-bond donors (Lipinski definition) is 0. The molecule has 0 spiro atoms. The lowest BCUT2D eigenvalue weighted by Crippen LogP contribution is -2.12. The van der Waals surface area contributed by atoms with Crippen LogP contribution in [0.3, 0.4) is 0 Å². The van der Waals surface area contributed by atoms with E-state index in [-0.39, 0.29) is 22.3 Å². The van der Waals surface area contributed by atoms with Crippen molar-refractivity contribution in [2.24, 2.45) is 0 Å². The maximum Gasteiger partial charge on any atom is 0.339 e. The highest BCUT2D eigenvalue weighted by Gasteiger charge is 2.23. The number of nitro benzene ring substituents is 1. The summed E-state index contributed by atoms with van der Waals surface area (Å²) in [5, 5.41) is 11.0. The van der Waals surface area contributed by atoms with Crippen LogP contribution >= 0.6 is 0 Å². The van der Waals surface area contributed by atoms with Crippen LogP contribution in [0.5, 0.6) is 5.75 Å². The van der Waals surface area contributed by atoms with E-state index in [1.54, 1.807) is 19.1 Å². The first kappa shape index (κ1) is 17.9. The first-order valence-electron chi connectivity index (χ1n) is 7.54. The quantitative estimate of drug-likeness (QED) is 0.443. The van der Waals surface area contributed by atoms with Crippen molar-refractivity contribution in [3.05, 3.63) is 63.7 Å². The Labute approximate surface area is 141 Å². The van der Waals surface area contributed by atoms with Crippen LogP contribution in [-0.4, -0.2) is 13.3 Å². The first-order valence-corrected chi connectivity index (χ1v) is 8.95. The van der Waals surface area contributed by atoms with E-state index in [0.29, 0.717) is 5.56 Å². The summed E-state index contributed by atoms with van der Waals surface area (Å²) in [5.74, 6) is 0.374. The molecule has 0 fully saturated rings. The van der Waals surface area contributed by atoms with Crippen LogP contribution in [0.1, 0.15) is 37.3 Å². The fourth-order valence-electron chi connectivity index (χ4n) is 2.29. The van der Waals surface area contributed by atoms with Gasteiger partial charge in [-0.15, -0.1) is 0 Å². The van der Waals surface area contributed by atoms with Crippen molar-refractivity contribution in [3.8, 4) is 5.75 Å². The van der Waals surface area contributed by atoms with Crippen LogP contribution in [-0.2, 0) is 10.1 Å². The summed E-state index contributed by atoms with van der Waals surface area (Å²) < 4.78 is 30.3. The monoisotopic (exact) mass is 349 g/mol. The van der Waals surface area contributed by atoms with E-state index in [1.807, 2.05) is 26.0 Å². The largest absolute Gasteiger partial charge is 0.379 e. The molecule has 0 aliphatic carbocycles. The van der Waals surface area contributed by atoms with Crippen molar-refractivity contribution in [1.29, 1.82) is 0 Å². The second-order valence-electron chi connectivity index (χ2n) is 5.59. The lowest BCUT2D eigenvalue weighted by Gasteiger charge is -2.15. The number of aryl methyl sites for hydroxylation is 1. The van der Waals surface area contributed by atoms with Crippen molar-refractivity contribution in [2.45, 2.75) is 38.0 Å². The van der Waals surface area contributed by atoms with Gasteiger partial charge in [0.25, 0.3) is 5.69 Å². The molecule has 24 heavy (non-hydrogen) atoms. The molecule has 0 aliphatic rings. The van der Waals surface area contributed by atoms with Crippen molar-refractivity contribution in [2.75, 3.05) is 0 Å². The summed E-state index contributed by atoms with van der Waals surface area (Å²) in [6, 6.07) is 10.6. The molecule has 0 heterocycles. The highest BCUT2D eigenvalue weighted by molar-refractivity contribution is 7.87. The maximum atomic E-state index is 12.5. The number of nitro groups is 1. The minimum Gasteiger partial charge on any atom is -0.379 e. The van der Waals surface area contributed by atoms with E-state index >= 15 is 0 Å². The molecule has 2 rings (SSSR count). The van der Waals surface area contributed by atoms with Gasteiger partial charge in [-0.1, -0.05) is 38.1 Å². The molecule has 0 saturated carbocycles. The minimum atomic E-state index is -4.15. The molecule has 0 aliphatic heterocycles. The predicted octanol–water partition coefficient (Wildman–Crippen LogP) is 4.18. The van der Waals surface area contributed by atoms with Crippen LogP contribution in [0, 0.1) is 17.0 Å². The zero-order chi connectivity index (χ0) is 17.9. The molecule has 7 heteroatoms. The summed E-state index contributed by atoms with van der Waals surface area (Å²) >= 11 is 0. The lowest BCUT2D eigenvalue weighted by atomic mass is 9.98. The summed E-state index contributed by atoms with van der Waals surface area (Å²) in [5.41, 5.74) is 0.916. The summed E-state index contributed by atoms with van der Waals surface area (Å²) in [6.07, 6.45) is 0.830. The molecule has 0 radical (unpaired) electrons. The van der Waals surface area contributed by atoms with Crippen LogP contribution in [0.2, 0.25) is 0 Å². The molecule has 0 amide bonds. The molecule has 1 atom stereocenters. The lowest BCUT2D eigenvalue weighted by molar-refractivity contribution is -0.385. The Morgan fingerprint density at radius 2 is 1.88 bits per heavy atom. The van der Waals surface area contributed by atoms with E-state index in [1.165, 1.54) is 12.1 Å². The van der Waals surface area contributed by atoms with Crippen LogP contribution in [0.4, 0.5) is 5.69 Å². The average Bonchev–Trinajstić information content (AvgIpc) is 2.54. The third-order valence-corrected chi connectivity index (χ3v) is 5.16. The highest BCUT2D eigenvalue weighted by Crippen LogP contribution is 2.31. The summed E-state index contributed by atoms with van der Waals surface area (Å²) in [4.78, 5) is 10.2. The normalized spacial score (nSPS) is 12.6. The van der Waals surface area contributed by atoms with Crippen LogP contribution in [0.15, 0.2) is 47.4 Å². The smallest absolute Gasteiger partial charge is 0.339 e. The zero-order valence-electron chi connectivity index (χ0n) is 13.7. The maximum absolute atomic E-state index is 12.5. The average molecular weight is 349 g/mol. The molecule has 0 saturated heterocycles. The first-order chi connectivity index (χ1) is 11.3. The standard InChI is InChI=1S/C17H19NO5S/c1-4-12(2)15-7-5-6-8-17(15)23-24(21,22)14-10-9-13(3)16(11-14)18(19)20/h5-12H,4H2,1-3H3. The van der Waals surface area contributed by atoms with Gasteiger partial charge in [-0.25, -0.2) is 0 Å². The van der Waals surface area contributed by atoms with Gasteiger partial charge in [0.2, 0.25) is 0 Å². The predicted molar refractivity (Wildman–Crippen MR) is 90.8 cm³/mol. The molecule has 2 aromatic carbocycles. The minimum absolute atomic E-state index is 0.128. The SMILES string of the molecule is CCC(C)c1ccccc1OS(=O)(=O)c1ccc(C)c([N+](=O)[O-])c1. The molecule has 128 valence electrons. The Morgan fingerprint density at radius 3 is 2.50 bits per heavy atom. The molecule has 0 N–H and O–H groups in total. The molecular weight excluding hydrogens is 330 g/mol. The van der Waals surface area contributed by atoms with Gasteiger partial charge in [0, 0.05) is 11.6 Å². The topological polar surface area (TPSA) is 86.5 Å². The third kappa shape index (κ3) is 3.73. The van der Waals surface area contributed by atoms with Crippen LogP contribution < -0.4 is 4.18 Å². The van der Waals surface area contributed by atoms with E-state index in [4.69, 9.17) is 4.18 Å². The number of hydrogen-bond acceptors (Lipinski definition) is 5. The Hall–Kier alpha value is -2.41. The summed E-state index contributed by atoms with van der Waals surface area (Å²) in [7, 11) is -4.15. The van der Waals surface area contributed by atoms with Gasteiger partial charge in [-0.3, -0.25) is 10.1 Å². The van der Waals surface area contributed by atoms with E-state index in [0.717, 1.165) is 18.1 Å². The van der Waals surface area contributed by atoms with Gasteiger partial charge < -0.3 is 4.18 Å². The fourth-order valence-corrected chi connectivity index (χ4v) is 3.27. The van der Waals surface area contributed by atoms with Crippen molar-refractivity contribution < 1.29 is 17.5 Å². The highest BCUT2D eigenvalue weighted by atomic mass is 32.2. The molecule has 6 nitrogen and oxygen atoms in total. The Bertz CT molecular complexity index is 861. The molecule has 0 bridgehead atoms. The van der Waals surface area contributed by atoms with E-state index in [9.17, 15) is 18.5 Å². The third-order valence-electron chi connectivity index (χ3n) is 3.93. The molecule has 1 unspecified atom stereocenters. The van der Waals surface area contributed by atoms with Crippen LogP contribution in [0.25, 0.3) is 0 Å². The van der Waals surface area contributed by atoms with Crippen molar-refractivity contribution in [1.82, 2.24) is 0 Å². The van der Waals surface area contributed by atoms with Gasteiger partial charge >= 0.3 is 10.1 Å². The second kappa shape index (κ2) is 7.00. The second-order valence-corrected chi connectivity index (χ2v) is 7.14. The Balaban J connectivity index is 2.43. The van der Waals surface area contributed by atoms with Crippen molar-refractivity contribution in [3.63, 3.8) is 0 Å². The Morgan fingerprint density at radius 1 is 1.21 bits per heavy atom. The van der Waals surface area contributed by atoms with Gasteiger partial charge in [0.05, 0.1) is 4.92 Å². The zero-order valence-corrected chi connectivity index (χ0v) is 14.5. The van der Waals surface area contributed by atoms with Gasteiger partial charge in [0.1, 0.15) is 10.6 Å². The molecule has 2 aromatic rings. The van der Waals surface area contributed by atoms with Crippen molar-refractivity contribution >= 4 is 15.8 Å². The van der Waals surface area contributed by atoms with Gasteiger partial charge in [-0.2, -0.15) is 8.42 Å². The van der Waals surface area contributed by atoms with E-state index in [2.05, 4.69) is 0 Å². The van der Waals surface area contributed by atoms with Gasteiger partial charge in [-0.05, 0) is 37.0 Å². The number of benzene rings is 2. The number of nitrogens with zero attached hydrogens (tertiary/aromatic N) is 1. The molecular formula is C17H19NO5S. The number of para-hydroxylation sites is 1. The Kier molecular flexibility index (Phi) is 5.23. The number of rotatable bonds is 6. The van der Waals surface area contributed by atoms with E-state index < -0.39 is 15.0 Å². The van der Waals surface area contributed by atoms with Gasteiger partial charge in [0.15, 0.2) is 0 Å². The fraction of sp³-hybridized carbons (Fsp3) is 0.294.